The number of nitriles is 1. The van der Waals surface area contributed by atoms with Crippen molar-refractivity contribution in [2.24, 2.45) is 0 Å². The summed E-state index contributed by atoms with van der Waals surface area (Å²) in [6.07, 6.45) is 1.53. The Bertz CT molecular complexity index is 985. The molecule has 0 atom stereocenters. The van der Waals surface area contributed by atoms with Gasteiger partial charge in [0.05, 0.1) is 10.2 Å². The van der Waals surface area contributed by atoms with Gasteiger partial charge in [-0.25, -0.2) is 0 Å². The van der Waals surface area contributed by atoms with Gasteiger partial charge in [0.25, 0.3) is 5.91 Å². The second-order valence-corrected chi connectivity index (χ2v) is 8.16. The molecule has 1 amide bonds. The molecule has 0 aromatic heterocycles. The molecule has 0 fully saturated rings. The lowest BCUT2D eigenvalue weighted by Crippen LogP contribution is -2.22. The third-order valence-corrected chi connectivity index (χ3v) is 5.18. The van der Waals surface area contributed by atoms with Crippen molar-refractivity contribution in [3.8, 4) is 17.6 Å². The highest BCUT2D eigenvalue weighted by Crippen LogP contribution is 2.36. The van der Waals surface area contributed by atoms with Crippen LogP contribution in [0.15, 0.2) is 35.9 Å². The predicted molar refractivity (Wildman–Crippen MR) is 123 cm³/mol. The number of hydrogen-bond acceptors (Lipinski definition) is 4. The molecular weight excluding hydrogens is 526 g/mol. The minimum absolute atomic E-state index is 0.0369. The summed E-state index contributed by atoms with van der Waals surface area (Å²) in [6, 6.07) is 10.7. The molecule has 0 heterocycles. The van der Waals surface area contributed by atoms with Crippen LogP contribution in [0.2, 0.25) is 10.0 Å². The highest BCUT2D eigenvalue weighted by atomic mass is 127. The van der Waals surface area contributed by atoms with Crippen molar-refractivity contribution in [1.29, 1.82) is 5.26 Å². The first-order valence-electron chi connectivity index (χ1n) is 8.63. The largest absolute Gasteiger partial charge is 0.490 e. The van der Waals surface area contributed by atoms with E-state index in [1.807, 2.05) is 19.1 Å². The van der Waals surface area contributed by atoms with Crippen molar-refractivity contribution in [2.75, 3.05) is 20.7 Å². The van der Waals surface area contributed by atoms with Gasteiger partial charge in [-0.05, 0) is 65.4 Å². The summed E-state index contributed by atoms with van der Waals surface area (Å²) in [5.74, 6) is 0.719. The molecule has 0 N–H and O–H groups in total. The topological polar surface area (TPSA) is 62.6 Å². The Labute approximate surface area is 193 Å². The lowest BCUT2D eigenvalue weighted by molar-refractivity contribution is -0.124. The van der Waals surface area contributed by atoms with E-state index in [2.05, 4.69) is 22.6 Å². The van der Waals surface area contributed by atoms with E-state index in [1.165, 1.54) is 11.0 Å². The van der Waals surface area contributed by atoms with Gasteiger partial charge in [-0.2, -0.15) is 5.26 Å². The summed E-state index contributed by atoms with van der Waals surface area (Å²) in [5, 5.41) is 10.4. The fraction of sp³-hybridized carbons (Fsp3) is 0.238. The van der Waals surface area contributed by atoms with E-state index in [9.17, 15) is 10.1 Å². The van der Waals surface area contributed by atoms with Gasteiger partial charge in [-0.15, -0.1) is 0 Å². The minimum atomic E-state index is -0.363. The van der Waals surface area contributed by atoms with Crippen LogP contribution >= 0.6 is 45.8 Å². The molecule has 0 aliphatic rings. The van der Waals surface area contributed by atoms with E-state index >= 15 is 0 Å². The summed E-state index contributed by atoms with van der Waals surface area (Å²) in [5.41, 5.74) is 1.50. The molecule has 0 unspecified atom stereocenters. The first-order valence-corrected chi connectivity index (χ1v) is 10.5. The maximum atomic E-state index is 12.1. The second kappa shape index (κ2) is 10.7. The SMILES string of the molecule is CCOc1cc(/C=C(/C#N)C(=O)N(C)C)cc(I)c1OCc1ccc(Cl)cc1Cl. The fourth-order valence-electron chi connectivity index (χ4n) is 2.41. The summed E-state index contributed by atoms with van der Waals surface area (Å²) in [6.45, 7) is 2.54. The Morgan fingerprint density at radius 3 is 2.55 bits per heavy atom. The first-order chi connectivity index (χ1) is 13.8. The Hall–Kier alpha value is -1.95. The molecule has 2 aromatic rings. The lowest BCUT2D eigenvalue weighted by atomic mass is 10.1. The van der Waals surface area contributed by atoms with E-state index in [4.69, 9.17) is 32.7 Å². The molecule has 29 heavy (non-hydrogen) atoms. The van der Waals surface area contributed by atoms with Crippen molar-refractivity contribution in [1.82, 2.24) is 4.90 Å². The number of benzene rings is 2. The number of carbonyl (C=O) groups excluding carboxylic acids is 1. The van der Waals surface area contributed by atoms with Crippen LogP contribution in [0.25, 0.3) is 6.08 Å². The van der Waals surface area contributed by atoms with Crippen LogP contribution < -0.4 is 9.47 Å². The van der Waals surface area contributed by atoms with E-state index < -0.39 is 0 Å². The standard InChI is InChI=1S/C21H19Cl2IN2O3/c1-4-28-19-9-13(7-15(11-25)21(27)26(2)3)8-18(24)20(19)29-12-14-5-6-16(22)10-17(14)23/h5-10H,4,12H2,1-3H3/b15-7-. The molecule has 0 saturated carbocycles. The van der Waals surface area contributed by atoms with Crippen molar-refractivity contribution >= 4 is 57.8 Å². The number of rotatable bonds is 7. The van der Waals surface area contributed by atoms with Crippen molar-refractivity contribution in [2.45, 2.75) is 13.5 Å². The van der Waals surface area contributed by atoms with Crippen LogP contribution in [-0.4, -0.2) is 31.5 Å². The Balaban J connectivity index is 2.37. The molecule has 8 heteroatoms. The van der Waals surface area contributed by atoms with Gasteiger partial charge in [0.1, 0.15) is 18.2 Å². The zero-order valence-corrected chi connectivity index (χ0v) is 19.8. The van der Waals surface area contributed by atoms with Crippen LogP contribution in [0.5, 0.6) is 11.5 Å². The molecule has 0 bridgehead atoms. The monoisotopic (exact) mass is 544 g/mol. The second-order valence-electron chi connectivity index (χ2n) is 6.16. The number of ether oxygens (including phenoxy) is 2. The normalized spacial score (nSPS) is 11.0. The smallest absolute Gasteiger partial charge is 0.264 e. The van der Waals surface area contributed by atoms with E-state index in [-0.39, 0.29) is 18.1 Å². The number of carbonyl (C=O) groups is 1. The van der Waals surface area contributed by atoms with Gasteiger partial charge < -0.3 is 14.4 Å². The zero-order chi connectivity index (χ0) is 21.6. The average molecular weight is 545 g/mol. The summed E-state index contributed by atoms with van der Waals surface area (Å²) >= 11 is 14.3. The molecule has 0 spiro atoms. The van der Waals surface area contributed by atoms with Crippen LogP contribution in [-0.2, 0) is 11.4 Å². The highest BCUT2D eigenvalue weighted by molar-refractivity contribution is 14.1. The molecule has 2 aromatic carbocycles. The number of amides is 1. The Kier molecular flexibility index (Phi) is 8.62. The van der Waals surface area contributed by atoms with E-state index in [1.54, 1.807) is 38.4 Å². The first kappa shape index (κ1) is 23.3. The molecular formula is C21H19Cl2IN2O3. The molecule has 5 nitrogen and oxygen atoms in total. The number of hydrogen-bond donors (Lipinski definition) is 0. The maximum absolute atomic E-state index is 12.1. The van der Waals surface area contributed by atoms with Crippen LogP contribution in [0.3, 0.4) is 0 Å². The predicted octanol–water partition coefficient (Wildman–Crippen LogP) is 5.57. The van der Waals surface area contributed by atoms with Gasteiger partial charge in [0.2, 0.25) is 0 Å². The molecule has 0 aliphatic carbocycles. The molecule has 2 rings (SSSR count). The summed E-state index contributed by atoms with van der Waals surface area (Å²) in [4.78, 5) is 13.5. The molecule has 152 valence electrons. The maximum Gasteiger partial charge on any atom is 0.264 e. The summed E-state index contributed by atoms with van der Waals surface area (Å²) < 4.78 is 12.5. The molecule has 0 saturated heterocycles. The van der Waals surface area contributed by atoms with Crippen LogP contribution in [0, 0.1) is 14.9 Å². The van der Waals surface area contributed by atoms with Crippen LogP contribution in [0.4, 0.5) is 0 Å². The lowest BCUT2D eigenvalue weighted by Gasteiger charge is -2.16. The zero-order valence-electron chi connectivity index (χ0n) is 16.1. The van der Waals surface area contributed by atoms with Crippen LogP contribution in [0.1, 0.15) is 18.1 Å². The summed E-state index contributed by atoms with van der Waals surface area (Å²) in [7, 11) is 3.20. The fourth-order valence-corrected chi connectivity index (χ4v) is 3.66. The van der Waals surface area contributed by atoms with E-state index in [0.29, 0.717) is 33.7 Å². The minimum Gasteiger partial charge on any atom is -0.490 e. The van der Waals surface area contributed by atoms with Gasteiger partial charge >= 0.3 is 0 Å². The third-order valence-electron chi connectivity index (χ3n) is 3.79. The number of likely N-dealkylation sites (N-methyl/N-ethyl adjacent to an activating group) is 1. The Morgan fingerprint density at radius 2 is 1.97 bits per heavy atom. The third kappa shape index (κ3) is 6.26. The van der Waals surface area contributed by atoms with Gasteiger partial charge in [0.15, 0.2) is 11.5 Å². The van der Waals surface area contributed by atoms with Crippen molar-refractivity contribution in [3.63, 3.8) is 0 Å². The Morgan fingerprint density at radius 1 is 1.24 bits per heavy atom. The van der Waals surface area contributed by atoms with Gasteiger partial charge in [0, 0.05) is 29.7 Å². The van der Waals surface area contributed by atoms with Gasteiger partial charge in [-0.1, -0.05) is 29.3 Å². The number of halogens is 3. The van der Waals surface area contributed by atoms with E-state index in [0.717, 1.165) is 9.13 Å². The number of nitrogens with zero attached hydrogens (tertiary/aromatic N) is 2. The van der Waals surface area contributed by atoms with Crippen molar-refractivity contribution in [3.05, 3.63) is 60.6 Å². The highest BCUT2D eigenvalue weighted by Gasteiger charge is 2.15. The van der Waals surface area contributed by atoms with Crippen molar-refractivity contribution < 1.29 is 14.3 Å². The molecule has 0 radical (unpaired) electrons. The average Bonchev–Trinajstić information content (AvgIpc) is 2.66. The quantitative estimate of drug-likeness (QED) is 0.260. The molecule has 0 aliphatic heterocycles. The van der Waals surface area contributed by atoms with Gasteiger partial charge in [-0.3, -0.25) is 4.79 Å².